The molecule has 2 rings (SSSR count). The van der Waals surface area contributed by atoms with Crippen LogP contribution in [-0.2, 0) is 4.74 Å². The molecular formula is C11H17N3O3S. The molecule has 1 aromatic rings. The predicted octanol–water partition coefficient (Wildman–Crippen LogP) is 0.663. The molecule has 6 nitrogen and oxygen atoms in total. The number of nitrogen functional groups attached to an aromatic ring is 1. The van der Waals surface area contributed by atoms with Crippen LogP contribution in [0.25, 0.3) is 0 Å². The van der Waals surface area contributed by atoms with Crippen LogP contribution in [0.15, 0.2) is 0 Å². The lowest BCUT2D eigenvalue weighted by Crippen LogP contribution is -2.40. The van der Waals surface area contributed by atoms with E-state index in [1.54, 1.807) is 0 Å². The number of morpholine rings is 1. The topological polar surface area (TPSA) is 90.8 Å². The van der Waals surface area contributed by atoms with Gasteiger partial charge >= 0.3 is 0 Å². The van der Waals surface area contributed by atoms with E-state index in [9.17, 15) is 4.79 Å². The molecule has 0 radical (unpaired) electrons. The molecule has 1 amide bonds. The van der Waals surface area contributed by atoms with Crippen molar-refractivity contribution in [3.05, 3.63) is 4.88 Å². The number of thiophene rings is 1. The van der Waals surface area contributed by atoms with Gasteiger partial charge in [-0.1, -0.05) is 0 Å². The zero-order chi connectivity index (χ0) is 13.3. The highest BCUT2D eigenvalue weighted by Gasteiger charge is 2.26. The van der Waals surface area contributed by atoms with Gasteiger partial charge in [-0.2, -0.15) is 0 Å². The summed E-state index contributed by atoms with van der Waals surface area (Å²) >= 11 is 1.27. The largest absolute Gasteiger partial charge is 0.492 e. The number of anilines is 2. The lowest BCUT2D eigenvalue weighted by atomic mass is 10.3. The number of amides is 1. The Balaban J connectivity index is 2.37. The minimum atomic E-state index is -0.525. The highest BCUT2D eigenvalue weighted by molar-refractivity contribution is 7.19. The molecule has 1 unspecified atom stereocenters. The summed E-state index contributed by atoms with van der Waals surface area (Å²) in [5.74, 6) is 0.00579. The number of hydrogen-bond acceptors (Lipinski definition) is 6. The number of methoxy groups -OCH3 is 1. The number of nitrogens with zero attached hydrogens (tertiary/aromatic N) is 1. The fourth-order valence-electron chi connectivity index (χ4n) is 2.01. The number of carbonyl (C=O) groups excluding carboxylic acids is 1. The molecule has 1 aromatic heterocycles. The first-order chi connectivity index (χ1) is 8.54. The van der Waals surface area contributed by atoms with Gasteiger partial charge in [-0.3, -0.25) is 4.79 Å². The zero-order valence-electron chi connectivity index (χ0n) is 10.4. The molecule has 2 heterocycles. The molecule has 4 N–H and O–H groups in total. The van der Waals surface area contributed by atoms with Gasteiger partial charge in [0.15, 0.2) is 5.75 Å². The minimum absolute atomic E-state index is 0.142. The Kier molecular flexibility index (Phi) is 3.63. The summed E-state index contributed by atoms with van der Waals surface area (Å²) in [6.07, 6.45) is 0.142. The Bertz CT molecular complexity index is 461. The van der Waals surface area contributed by atoms with Gasteiger partial charge in [0.2, 0.25) is 0 Å². The quantitative estimate of drug-likeness (QED) is 0.843. The van der Waals surface area contributed by atoms with Crippen LogP contribution in [0.1, 0.15) is 16.6 Å². The van der Waals surface area contributed by atoms with Crippen LogP contribution in [0.4, 0.5) is 10.7 Å². The Labute approximate surface area is 109 Å². The summed E-state index contributed by atoms with van der Waals surface area (Å²) in [5.41, 5.74) is 11.5. The van der Waals surface area contributed by atoms with Crippen molar-refractivity contribution in [1.82, 2.24) is 0 Å². The van der Waals surface area contributed by atoms with Crippen LogP contribution in [0.3, 0.4) is 0 Å². The molecule has 1 saturated heterocycles. The number of rotatable bonds is 3. The first-order valence-electron chi connectivity index (χ1n) is 5.67. The molecule has 0 bridgehead atoms. The fraction of sp³-hybridized carbons (Fsp3) is 0.545. The summed E-state index contributed by atoms with van der Waals surface area (Å²) in [6, 6.07) is 0. The molecular weight excluding hydrogens is 254 g/mol. The standard InChI is InChI=1S/C11H17N3O3S/c1-6-5-14(3-4-17-6)11-8(16-2)7(12)9(18-11)10(13)15/h6H,3-5,12H2,1-2H3,(H2,13,15). The maximum atomic E-state index is 11.3. The van der Waals surface area contributed by atoms with E-state index >= 15 is 0 Å². The predicted molar refractivity (Wildman–Crippen MR) is 71.4 cm³/mol. The number of nitrogens with two attached hydrogens (primary N) is 2. The Morgan fingerprint density at radius 3 is 2.89 bits per heavy atom. The number of primary amides is 1. The van der Waals surface area contributed by atoms with E-state index in [1.165, 1.54) is 18.4 Å². The number of carbonyl (C=O) groups is 1. The molecule has 0 aliphatic carbocycles. The molecule has 1 aliphatic rings. The second kappa shape index (κ2) is 5.03. The van der Waals surface area contributed by atoms with Crippen molar-refractivity contribution in [2.24, 2.45) is 5.73 Å². The van der Waals surface area contributed by atoms with E-state index < -0.39 is 5.91 Å². The van der Waals surface area contributed by atoms with Crippen molar-refractivity contribution in [3.8, 4) is 5.75 Å². The van der Waals surface area contributed by atoms with Crippen LogP contribution >= 0.6 is 11.3 Å². The summed E-state index contributed by atoms with van der Waals surface area (Å²) in [5, 5.41) is 0.846. The molecule has 0 saturated carbocycles. The van der Waals surface area contributed by atoms with Crippen molar-refractivity contribution in [1.29, 1.82) is 0 Å². The van der Waals surface area contributed by atoms with Crippen molar-refractivity contribution in [3.63, 3.8) is 0 Å². The lowest BCUT2D eigenvalue weighted by molar-refractivity contribution is 0.0533. The van der Waals surface area contributed by atoms with E-state index in [-0.39, 0.29) is 6.10 Å². The monoisotopic (exact) mass is 271 g/mol. The third-order valence-electron chi connectivity index (χ3n) is 2.84. The second-order valence-electron chi connectivity index (χ2n) is 4.17. The van der Waals surface area contributed by atoms with E-state index in [4.69, 9.17) is 20.9 Å². The van der Waals surface area contributed by atoms with Gasteiger partial charge in [0.05, 0.1) is 19.8 Å². The maximum Gasteiger partial charge on any atom is 0.261 e. The minimum Gasteiger partial charge on any atom is -0.492 e. The molecule has 0 aromatic carbocycles. The van der Waals surface area contributed by atoms with Crippen LogP contribution < -0.4 is 21.1 Å². The summed E-state index contributed by atoms with van der Waals surface area (Å²) < 4.78 is 10.8. The van der Waals surface area contributed by atoms with E-state index in [0.717, 1.165) is 18.1 Å². The number of ether oxygens (including phenoxy) is 2. The maximum absolute atomic E-state index is 11.3. The SMILES string of the molecule is COc1c(N2CCOC(C)C2)sc(C(N)=O)c1N. The van der Waals surface area contributed by atoms with Gasteiger partial charge in [-0.05, 0) is 6.92 Å². The summed E-state index contributed by atoms with van der Waals surface area (Å²) in [6.45, 7) is 4.14. The number of hydrogen-bond donors (Lipinski definition) is 2. The van der Waals surface area contributed by atoms with Crippen LogP contribution in [0, 0.1) is 0 Å². The van der Waals surface area contributed by atoms with Crippen molar-refractivity contribution in [2.75, 3.05) is 37.4 Å². The highest BCUT2D eigenvalue weighted by atomic mass is 32.1. The average Bonchev–Trinajstić information content (AvgIpc) is 2.66. The van der Waals surface area contributed by atoms with Crippen LogP contribution in [0.2, 0.25) is 0 Å². The van der Waals surface area contributed by atoms with E-state index in [2.05, 4.69) is 4.90 Å². The van der Waals surface area contributed by atoms with Gasteiger partial charge < -0.3 is 25.8 Å². The molecule has 0 spiro atoms. The highest BCUT2D eigenvalue weighted by Crippen LogP contribution is 2.44. The molecule has 100 valence electrons. The summed E-state index contributed by atoms with van der Waals surface area (Å²) in [4.78, 5) is 13.8. The summed E-state index contributed by atoms with van der Waals surface area (Å²) in [7, 11) is 1.54. The zero-order valence-corrected chi connectivity index (χ0v) is 11.3. The van der Waals surface area contributed by atoms with E-state index in [0.29, 0.717) is 22.9 Å². The van der Waals surface area contributed by atoms with Gasteiger partial charge in [-0.15, -0.1) is 11.3 Å². The third-order valence-corrected chi connectivity index (χ3v) is 4.10. The smallest absolute Gasteiger partial charge is 0.261 e. The van der Waals surface area contributed by atoms with Crippen molar-refractivity contribution in [2.45, 2.75) is 13.0 Å². The molecule has 1 fully saturated rings. The van der Waals surface area contributed by atoms with Gasteiger partial charge in [0.25, 0.3) is 5.91 Å². The van der Waals surface area contributed by atoms with E-state index in [1.807, 2.05) is 6.92 Å². The molecule has 1 aliphatic heterocycles. The first kappa shape index (κ1) is 13.0. The molecule has 7 heteroatoms. The molecule has 1 atom stereocenters. The second-order valence-corrected chi connectivity index (χ2v) is 5.17. The lowest BCUT2D eigenvalue weighted by Gasteiger charge is -2.32. The van der Waals surface area contributed by atoms with Crippen LogP contribution in [0.5, 0.6) is 5.75 Å². The van der Waals surface area contributed by atoms with Gasteiger partial charge in [0.1, 0.15) is 15.6 Å². The van der Waals surface area contributed by atoms with Gasteiger partial charge in [0, 0.05) is 13.1 Å². The normalized spacial score (nSPS) is 19.9. The third kappa shape index (κ3) is 2.23. The van der Waals surface area contributed by atoms with Crippen molar-refractivity contribution >= 4 is 27.9 Å². The Morgan fingerprint density at radius 1 is 1.61 bits per heavy atom. The fourth-order valence-corrected chi connectivity index (χ4v) is 3.09. The average molecular weight is 271 g/mol. The first-order valence-corrected chi connectivity index (χ1v) is 6.48. The Morgan fingerprint density at radius 2 is 2.33 bits per heavy atom. The van der Waals surface area contributed by atoms with Gasteiger partial charge in [-0.25, -0.2) is 0 Å². The van der Waals surface area contributed by atoms with Crippen molar-refractivity contribution < 1.29 is 14.3 Å². The Hall–Kier alpha value is -1.47. The molecule has 18 heavy (non-hydrogen) atoms. The van der Waals surface area contributed by atoms with Crippen LogP contribution in [-0.4, -0.2) is 38.8 Å².